The maximum absolute atomic E-state index is 12.4. The number of amides is 1. The Hall–Kier alpha value is -3.67. The molecule has 4 rings (SSSR count). The number of rotatable bonds is 5. The van der Waals surface area contributed by atoms with Gasteiger partial charge >= 0.3 is 0 Å². The van der Waals surface area contributed by atoms with E-state index in [4.69, 9.17) is 4.74 Å². The molecule has 134 valence electrons. The van der Waals surface area contributed by atoms with Crippen molar-refractivity contribution in [2.75, 3.05) is 12.4 Å². The number of benzene rings is 1. The molecule has 0 bridgehead atoms. The van der Waals surface area contributed by atoms with E-state index in [9.17, 15) is 4.79 Å². The van der Waals surface area contributed by atoms with Gasteiger partial charge in [-0.2, -0.15) is 0 Å². The molecule has 3 aromatic heterocycles. The van der Waals surface area contributed by atoms with Gasteiger partial charge in [-0.15, -0.1) is 0 Å². The zero-order chi connectivity index (χ0) is 18.6. The number of hydrogen-bond acceptors (Lipinski definition) is 4. The van der Waals surface area contributed by atoms with Crippen molar-refractivity contribution in [3.63, 3.8) is 0 Å². The fourth-order valence-corrected chi connectivity index (χ4v) is 2.96. The van der Waals surface area contributed by atoms with Gasteiger partial charge in [0, 0.05) is 29.5 Å². The Morgan fingerprint density at radius 1 is 1.15 bits per heavy atom. The van der Waals surface area contributed by atoms with Crippen LogP contribution in [0.4, 0.5) is 5.69 Å². The number of anilines is 1. The highest BCUT2D eigenvalue weighted by Gasteiger charge is 2.11. The molecule has 2 N–H and O–H groups in total. The molecule has 0 radical (unpaired) electrons. The zero-order valence-electron chi connectivity index (χ0n) is 14.8. The van der Waals surface area contributed by atoms with Gasteiger partial charge in [-0.25, -0.2) is 4.98 Å². The summed E-state index contributed by atoms with van der Waals surface area (Å²) in [5, 5.41) is 3.79. The van der Waals surface area contributed by atoms with Crippen molar-refractivity contribution in [2.45, 2.75) is 6.42 Å². The average Bonchev–Trinajstić information content (AvgIpc) is 3.10. The van der Waals surface area contributed by atoms with Crippen LogP contribution in [-0.4, -0.2) is 28.0 Å². The highest BCUT2D eigenvalue weighted by Crippen LogP contribution is 2.26. The summed E-state index contributed by atoms with van der Waals surface area (Å²) in [6.07, 6.45) is 7.19. The molecule has 0 saturated heterocycles. The van der Waals surface area contributed by atoms with Crippen molar-refractivity contribution in [1.29, 1.82) is 0 Å². The van der Waals surface area contributed by atoms with E-state index in [1.165, 1.54) is 0 Å². The Balaban J connectivity index is 1.59. The van der Waals surface area contributed by atoms with Crippen LogP contribution >= 0.6 is 0 Å². The minimum absolute atomic E-state index is 0.0984. The first-order valence-corrected chi connectivity index (χ1v) is 8.53. The summed E-state index contributed by atoms with van der Waals surface area (Å²) in [5.74, 6) is 0.709. The van der Waals surface area contributed by atoms with Crippen LogP contribution in [-0.2, 0) is 11.2 Å². The predicted octanol–water partition coefficient (Wildman–Crippen LogP) is 3.81. The normalized spacial score (nSPS) is 10.7. The second-order valence-corrected chi connectivity index (χ2v) is 6.13. The molecule has 0 fully saturated rings. The van der Waals surface area contributed by atoms with Gasteiger partial charge in [0.05, 0.1) is 25.4 Å². The van der Waals surface area contributed by atoms with Crippen LogP contribution in [0.3, 0.4) is 0 Å². The third-order valence-corrected chi connectivity index (χ3v) is 4.34. The average molecular weight is 358 g/mol. The smallest absolute Gasteiger partial charge is 0.228 e. The van der Waals surface area contributed by atoms with Crippen LogP contribution in [0.1, 0.15) is 5.56 Å². The lowest BCUT2D eigenvalue weighted by Crippen LogP contribution is -2.14. The monoisotopic (exact) mass is 358 g/mol. The van der Waals surface area contributed by atoms with Gasteiger partial charge in [0.15, 0.2) is 0 Å². The quantitative estimate of drug-likeness (QED) is 0.568. The Bertz CT molecular complexity index is 1070. The summed E-state index contributed by atoms with van der Waals surface area (Å²) >= 11 is 0. The maximum atomic E-state index is 12.4. The third-order valence-electron chi connectivity index (χ3n) is 4.34. The molecule has 27 heavy (non-hydrogen) atoms. The first-order chi connectivity index (χ1) is 13.2. The van der Waals surface area contributed by atoms with Crippen molar-refractivity contribution in [1.82, 2.24) is 15.0 Å². The van der Waals surface area contributed by atoms with Crippen LogP contribution in [0.5, 0.6) is 5.75 Å². The van der Waals surface area contributed by atoms with Gasteiger partial charge in [-0.05, 0) is 41.5 Å². The van der Waals surface area contributed by atoms with E-state index in [0.717, 1.165) is 33.5 Å². The fourth-order valence-electron chi connectivity index (χ4n) is 2.96. The molecule has 0 spiro atoms. The highest BCUT2D eigenvalue weighted by atomic mass is 16.5. The van der Waals surface area contributed by atoms with Gasteiger partial charge in [-0.1, -0.05) is 12.1 Å². The van der Waals surface area contributed by atoms with E-state index in [-0.39, 0.29) is 12.3 Å². The summed E-state index contributed by atoms with van der Waals surface area (Å²) in [7, 11) is 1.64. The van der Waals surface area contributed by atoms with E-state index in [2.05, 4.69) is 20.3 Å². The molecule has 1 amide bonds. The van der Waals surface area contributed by atoms with Gasteiger partial charge < -0.3 is 15.0 Å². The lowest BCUT2D eigenvalue weighted by molar-refractivity contribution is -0.115. The molecule has 6 nitrogen and oxygen atoms in total. The number of H-pyrrole nitrogens is 1. The molecular weight excluding hydrogens is 340 g/mol. The van der Waals surface area contributed by atoms with E-state index in [0.29, 0.717) is 5.69 Å². The van der Waals surface area contributed by atoms with Gasteiger partial charge in [0.1, 0.15) is 11.4 Å². The lowest BCUT2D eigenvalue weighted by atomic mass is 10.0. The number of carbonyl (C=O) groups is 1. The number of ether oxygens (including phenoxy) is 1. The van der Waals surface area contributed by atoms with Crippen LogP contribution < -0.4 is 10.1 Å². The number of aromatic nitrogens is 3. The minimum Gasteiger partial charge on any atom is -0.497 e. The molecular formula is C21H18N4O2. The molecule has 0 atom stereocenters. The molecule has 0 aliphatic heterocycles. The number of aromatic amines is 1. The summed E-state index contributed by atoms with van der Waals surface area (Å²) in [4.78, 5) is 24.0. The van der Waals surface area contributed by atoms with Gasteiger partial charge in [0.25, 0.3) is 0 Å². The van der Waals surface area contributed by atoms with Crippen molar-refractivity contribution in [3.8, 4) is 16.9 Å². The largest absolute Gasteiger partial charge is 0.497 e. The van der Waals surface area contributed by atoms with Crippen molar-refractivity contribution in [2.24, 2.45) is 0 Å². The third kappa shape index (κ3) is 3.64. The summed E-state index contributed by atoms with van der Waals surface area (Å²) in [5.41, 5.74) is 4.36. The number of methoxy groups -OCH3 is 1. The van der Waals surface area contributed by atoms with E-state index in [1.54, 1.807) is 25.6 Å². The van der Waals surface area contributed by atoms with Gasteiger partial charge in [0.2, 0.25) is 5.91 Å². The van der Waals surface area contributed by atoms with E-state index in [1.807, 2.05) is 48.8 Å². The molecule has 0 saturated carbocycles. The van der Waals surface area contributed by atoms with Crippen molar-refractivity contribution >= 4 is 22.6 Å². The van der Waals surface area contributed by atoms with E-state index < -0.39 is 0 Å². The molecule has 0 aliphatic carbocycles. The molecule has 6 heteroatoms. The number of hydrogen-bond donors (Lipinski definition) is 2. The number of carbonyl (C=O) groups excluding carboxylic acids is 1. The van der Waals surface area contributed by atoms with E-state index >= 15 is 0 Å². The Labute approximate surface area is 156 Å². The van der Waals surface area contributed by atoms with Crippen LogP contribution in [0.2, 0.25) is 0 Å². The molecule has 1 aromatic carbocycles. The Kier molecular flexibility index (Phi) is 4.53. The Morgan fingerprint density at radius 3 is 2.74 bits per heavy atom. The Morgan fingerprint density at radius 2 is 2.00 bits per heavy atom. The topological polar surface area (TPSA) is 79.9 Å². The minimum atomic E-state index is -0.0984. The van der Waals surface area contributed by atoms with Crippen molar-refractivity contribution in [3.05, 3.63) is 72.8 Å². The summed E-state index contributed by atoms with van der Waals surface area (Å²) in [6, 6.07) is 13.5. The molecule has 4 aromatic rings. The van der Waals surface area contributed by atoms with Gasteiger partial charge in [-0.3, -0.25) is 9.78 Å². The molecule has 3 heterocycles. The number of pyridine rings is 2. The first kappa shape index (κ1) is 16.8. The number of fused-ring (bicyclic) bond motifs is 1. The highest BCUT2D eigenvalue weighted by molar-refractivity contribution is 5.95. The lowest BCUT2D eigenvalue weighted by Gasteiger charge is -2.06. The maximum Gasteiger partial charge on any atom is 0.228 e. The zero-order valence-corrected chi connectivity index (χ0v) is 14.8. The van der Waals surface area contributed by atoms with Crippen LogP contribution in [0, 0.1) is 0 Å². The van der Waals surface area contributed by atoms with Crippen molar-refractivity contribution < 1.29 is 9.53 Å². The first-order valence-electron chi connectivity index (χ1n) is 8.53. The molecule has 0 unspecified atom stereocenters. The summed E-state index contributed by atoms with van der Waals surface area (Å²) in [6.45, 7) is 0. The number of nitrogens with one attached hydrogen (secondary N) is 2. The standard InChI is InChI=1S/C21H18N4O2/c1-27-18-6-4-14(5-7-18)15-9-19-16(12-24-21(19)23-11-15)10-20(26)25-17-3-2-8-22-13-17/h2-9,11-13H,10H2,1H3,(H,23,24)(H,25,26). The second kappa shape index (κ2) is 7.29. The predicted molar refractivity (Wildman–Crippen MR) is 105 cm³/mol. The number of nitrogens with zero attached hydrogens (tertiary/aromatic N) is 2. The second-order valence-electron chi connectivity index (χ2n) is 6.13. The van der Waals surface area contributed by atoms with Crippen LogP contribution in [0.15, 0.2) is 67.3 Å². The molecule has 0 aliphatic rings. The SMILES string of the molecule is COc1ccc(-c2cnc3[nH]cc(CC(=O)Nc4cccnc4)c3c2)cc1. The van der Waals surface area contributed by atoms with Crippen LogP contribution in [0.25, 0.3) is 22.2 Å². The fraction of sp³-hybridized carbons (Fsp3) is 0.0952. The summed E-state index contributed by atoms with van der Waals surface area (Å²) < 4.78 is 5.21.